The van der Waals surface area contributed by atoms with Gasteiger partial charge in [0.15, 0.2) is 0 Å². The van der Waals surface area contributed by atoms with Gasteiger partial charge in [-0.05, 0) is 24.6 Å². The fraction of sp³-hybridized carbons (Fsp3) is 0.353. The first-order valence-electron chi connectivity index (χ1n) is 8.18. The Hall–Kier alpha value is -2.54. The van der Waals surface area contributed by atoms with E-state index in [9.17, 15) is 9.59 Å². The van der Waals surface area contributed by atoms with Crippen molar-refractivity contribution >= 4 is 29.2 Å². The minimum absolute atomic E-state index is 0.0704. The molecule has 0 aliphatic carbocycles. The fourth-order valence-corrected chi connectivity index (χ4v) is 2.94. The van der Waals surface area contributed by atoms with Crippen LogP contribution in [0.1, 0.15) is 6.42 Å². The lowest BCUT2D eigenvalue weighted by atomic mass is 10.3. The van der Waals surface area contributed by atoms with E-state index in [0.717, 1.165) is 18.7 Å². The summed E-state index contributed by atoms with van der Waals surface area (Å²) in [6, 6.07) is 6.99. The van der Waals surface area contributed by atoms with Crippen LogP contribution in [0.15, 0.2) is 43.0 Å². The Morgan fingerprint density at radius 1 is 1.32 bits per heavy atom. The fourth-order valence-electron chi connectivity index (χ4n) is 2.75. The molecule has 3 amide bonds. The summed E-state index contributed by atoms with van der Waals surface area (Å²) < 4.78 is 1.96. The lowest BCUT2D eigenvalue weighted by Crippen LogP contribution is -2.40. The van der Waals surface area contributed by atoms with E-state index in [0.29, 0.717) is 24.7 Å². The number of urea groups is 1. The molecule has 8 heteroatoms. The molecule has 132 valence electrons. The molecule has 1 aromatic heterocycles. The van der Waals surface area contributed by atoms with Crippen LogP contribution in [0.2, 0.25) is 5.02 Å². The van der Waals surface area contributed by atoms with E-state index in [4.69, 9.17) is 11.6 Å². The van der Waals surface area contributed by atoms with Crippen molar-refractivity contribution in [1.29, 1.82) is 0 Å². The number of aromatic nitrogens is 2. The zero-order chi connectivity index (χ0) is 17.6. The first kappa shape index (κ1) is 17.3. The highest BCUT2D eigenvalue weighted by atomic mass is 35.5. The number of carbonyl (C=O) groups is 2. The number of aryl methyl sites for hydroxylation is 1. The standard InChI is InChI=1S/C17H20ClN5O2/c18-14-3-1-4-15(11-14)23-10-9-22(17(23)25)12-16(24)20-5-2-7-21-8-6-19-13-21/h1,3-4,6,8,11,13H,2,5,7,9-10,12H2,(H,20,24). The molecule has 0 saturated carbocycles. The molecule has 1 fully saturated rings. The Morgan fingerprint density at radius 2 is 2.20 bits per heavy atom. The van der Waals surface area contributed by atoms with Gasteiger partial charge in [0.2, 0.25) is 5.91 Å². The first-order valence-corrected chi connectivity index (χ1v) is 8.56. The van der Waals surface area contributed by atoms with E-state index in [-0.39, 0.29) is 18.5 Å². The molecular weight excluding hydrogens is 342 g/mol. The van der Waals surface area contributed by atoms with Gasteiger partial charge in [-0.3, -0.25) is 9.69 Å². The number of hydrogen-bond acceptors (Lipinski definition) is 3. The largest absolute Gasteiger partial charge is 0.354 e. The maximum atomic E-state index is 12.5. The minimum atomic E-state index is -0.171. The number of imidazole rings is 1. The van der Waals surface area contributed by atoms with E-state index in [1.165, 1.54) is 0 Å². The van der Waals surface area contributed by atoms with Gasteiger partial charge in [0.05, 0.1) is 6.33 Å². The number of nitrogens with zero attached hydrogens (tertiary/aromatic N) is 4. The van der Waals surface area contributed by atoms with Gasteiger partial charge in [-0.15, -0.1) is 0 Å². The van der Waals surface area contributed by atoms with Gasteiger partial charge in [-0.25, -0.2) is 9.78 Å². The Labute approximate surface area is 151 Å². The second-order valence-corrected chi connectivity index (χ2v) is 6.28. The third-order valence-electron chi connectivity index (χ3n) is 4.02. The number of amides is 3. The van der Waals surface area contributed by atoms with Gasteiger partial charge in [-0.2, -0.15) is 0 Å². The zero-order valence-electron chi connectivity index (χ0n) is 13.8. The molecule has 1 N–H and O–H groups in total. The van der Waals surface area contributed by atoms with Crippen molar-refractivity contribution in [2.75, 3.05) is 31.1 Å². The highest BCUT2D eigenvalue weighted by Crippen LogP contribution is 2.23. The molecule has 3 rings (SSSR count). The number of anilines is 1. The second-order valence-electron chi connectivity index (χ2n) is 5.84. The molecule has 0 spiro atoms. The Kier molecular flexibility index (Phi) is 5.55. The average Bonchev–Trinajstić information content (AvgIpc) is 3.22. The average molecular weight is 362 g/mol. The number of hydrogen-bond donors (Lipinski definition) is 1. The summed E-state index contributed by atoms with van der Waals surface area (Å²) in [7, 11) is 0. The monoisotopic (exact) mass is 361 g/mol. The minimum Gasteiger partial charge on any atom is -0.354 e. The predicted octanol–water partition coefficient (Wildman–Crippen LogP) is 1.98. The Balaban J connectivity index is 1.43. The quantitative estimate of drug-likeness (QED) is 0.767. The molecule has 1 aromatic carbocycles. The number of halogens is 1. The van der Waals surface area contributed by atoms with Crippen LogP contribution in [-0.2, 0) is 11.3 Å². The van der Waals surface area contributed by atoms with Gasteiger partial charge in [0.25, 0.3) is 0 Å². The zero-order valence-corrected chi connectivity index (χ0v) is 14.5. The molecule has 0 atom stereocenters. The highest BCUT2D eigenvalue weighted by molar-refractivity contribution is 6.30. The third kappa shape index (κ3) is 4.51. The molecule has 1 saturated heterocycles. The normalized spacial score (nSPS) is 14.2. The highest BCUT2D eigenvalue weighted by Gasteiger charge is 2.30. The van der Waals surface area contributed by atoms with Gasteiger partial charge in [0.1, 0.15) is 6.54 Å². The molecule has 1 aliphatic rings. The van der Waals surface area contributed by atoms with Crippen molar-refractivity contribution in [3.05, 3.63) is 48.0 Å². The van der Waals surface area contributed by atoms with E-state index >= 15 is 0 Å². The van der Waals surface area contributed by atoms with Crippen LogP contribution in [0.3, 0.4) is 0 Å². The van der Waals surface area contributed by atoms with Gasteiger partial charge < -0.3 is 14.8 Å². The molecule has 1 aliphatic heterocycles. The summed E-state index contributed by atoms with van der Waals surface area (Å²) in [6.07, 6.45) is 6.16. The smallest absolute Gasteiger partial charge is 0.325 e. The lowest BCUT2D eigenvalue weighted by molar-refractivity contribution is -0.121. The van der Waals surface area contributed by atoms with Crippen LogP contribution in [0.25, 0.3) is 0 Å². The van der Waals surface area contributed by atoms with Crippen molar-refractivity contribution in [3.63, 3.8) is 0 Å². The molecular formula is C17H20ClN5O2. The van der Waals surface area contributed by atoms with E-state index in [1.807, 2.05) is 16.8 Å². The van der Waals surface area contributed by atoms with Crippen LogP contribution in [-0.4, -0.2) is 52.6 Å². The second kappa shape index (κ2) is 8.02. The Morgan fingerprint density at radius 3 is 2.96 bits per heavy atom. The molecule has 7 nitrogen and oxygen atoms in total. The van der Waals surface area contributed by atoms with Crippen molar-refractivity contribution < 1.29 is 9.59 Å². The van der Waals surface area contributed by atoms with E-state index in [2.05, 4.69) is 10.3 Å². The topological polar surface area (TPSA) is 70.5 Å². The van der Waals surface area contributed by atoms with Crippen LogP contribution in [0, 0.1) is 0 Å². The molecule has 25 heavy (non-hydrogen) atoms. The van der Waals surface area contributed by atoms with Gasteiger partial charge in [0, 0.05) is 49.3 Å². The number of nitrogens with one attached hydrogen (secondary N) is 1. The molecule has 0 radical (unpaired) electrons. The van der Waals surface area contributed by atoms with Crippen LogP contribution in [0.5, 0.6) is 0 Å². The summed E-state index contributed by atoms with van der Waals surface area (Å²) in [5.41, 5.74) is 0.751. The molecule has 0 bridgehead atoms. The third-order valence-corrected chi connectivity index (χ3v) is 4.26. The van der Waals surface area contributed by atoms with Crippen molar-refractivity contribution in [1.82, 2.24) is 19.8 Å². The lowest BCUT2D eigenvalue weighted by Gasteiger charge is -2.18. The van der Waals surface area contributed by atoms with Gasteiger partial charge in [-0.1, -0.05) is 17.7 Å². The molecule has 2 aromatic rings. The summed E-state index contributed by atoms with van der Waals surface area (Å²) in [5, 5.41) is 3.43. The van der Waals surface area contributed by atoms with Crippen molar-refractivity contribution in [2.24, 2.45) is 0 Å². The summed E-state index contributed by atoms with van der Waals surface area (Å²) >= 11 is 5.98. The van der Waals surface area contributed by atoms with Crippen LogP contribution >= 0.6 is 11.6 Å². The number of benzene rings is 1. The van der Waals surface area contributed by atoms with Crippen LogP contribution < -0.4 is 10.2 Å². The summed E-state index contributed by atoms with van der Waals surface area (Å²) in [6.45, 7) is 2.50. The van der Waals surface area contributed by atoms with E-state index < -0.39 is 0 Å². The molecule has 0 unspecified atom stereocenters. The maximum Gasteiger partial charge on any atom is 0.325 e. The number of rotatable bonds is 7. The predicted molar refractivity (Wildman–Crippen MR) is 95.6 cm³/mol. The SMILES string of the molecule is O=C(CN1CCN(c2cccc(Cl)c2)C1=O)NCCCn1ccnc1. The number of carbonyl (C=O) groups excluding carboxylic acids is 2. The Bertz CT molecular complexity index is 734. The van der Waals surface area contributed by atoms with Crippen LogP contribution in [0.4, 0.5) is 10.5 Å². The van der Waals surface area contributed by atoms with Crippen molar-refractivity contribution in [3.8, 4) is 0 Å². The summed E-state index contributed by atoms with van der Waals surface area (Å²) in [4.78, 5) is 31.6. The van der Waals surface area contributed by atoms with E-state index in [1.54, 1.807) is 40.5 Å². The summed E-state index contributed by atoms with van der Waals surface area (Å²) in [5.74, 6) is -0.146. The maximum absolute atomic E-state index is 12.5. The first-order chi connectivity index (χ1) is 12.1. The van der Waals surface area contributed by atoms with Crippen molar-refractivity contribution in [2.45, 2.75) is 13.0 Å². The van der Waals surface area contributed by atoms with Gasteiger partial charge >= 0.3 is 6.03 Å². The molecule has 2 heterocycles.